The first kappa shape index (κ1) is 37.2. The van der Waals surface area contributed by atoms with Crippen LogP contribution in [0.5, 0.6) is 0 Å². The van der Waals surface area contributed by atoms with E-state index in [0.29, 0.717) is 6.42 Å². The summed E-state index contributed by atoms with van der Waals surface area (Å²) < 4.78 is 5.85. The standard InChI is InChI=1S/C35H62O4/c1-3-5-7-9-11-13-15-16-18-21-25-29-33(30-26-22-20-23-27-31-34(36)37)39-35(38)32-28-24-19-17-14-12-10-8-6-4-2/h11,13,16,18,25,29,33H,3-10,12,14-15,17,19-24,26-28,30-32H2,1-2H3,(H,36,37)/b13-11-,18-16-,29-25-. The molecule has 0 bridgehead atoms. The summed E-state index contributed by atoms with van der Waals surface area (Å²) in [6.07, 6.45) is 38.7. The van der Waals surface area contributed by atoms with E-state index >= 15 is 0 Å². The molecule has 0 aromatic carbocycles. The van der Waals surface area contributed by atoms with Gasteiger partial charge in [0.2, 0.25) is 0 Å². The van der Waals surface area contributed by atoms with Crippen molar-refractivity contribution in [3.8, 4) is 0 Å². The van der Waals surface area contributed by atoms with Crippen LogP contribution in [0.25, 0.3) is 0 Å². The van der Waals surface area contributed by atoms with Gasteiger partial charge >= 0.3 is 11.9 Å². The van der Waals surface area contributed by atoms with Gasteiger partial charge in [-0.15, -0.1) is 0 Å². The predicted molar refractivity (Wildman–Crippen MR) is 167 cm³/mol. The number of ether oxygens (including phenoxy) is 1. The lowest BCUT2D eigenvalue weighted by Gasteiger charge is -2.14. The van der Waals surface area contributed by atoms with Gasteiger partial charge in [-0.2, -0.15) is 0 Å². The number of hydrogen-bond acceptors (Lipinski definition) is 3. The highest BCUT2D eigenvalue weighted by atomic mass is 16.5. The molecule has 0 aromatic rings. The second-order valence-electron chi connectivity index (χ2n) is 11.0. The van der Waals surface area contributed by atoms with Crippen molar-refractivity contribution < 1.29 is 19.4 Å². The Morgan fingerprint density at radius 3 is 1.69 bits per heavy atom. The maximum Gasteiger partial charge on any atom is 0.306 e. The molecule has 1 unspecified atom stereocenters. The molecule has 1 atom stereocenters. The normalized spacial score (nSPS) is 12.7. The monoisotopic (exact) mass is 546 g/mol. The summed E-state index contributed by atoms with van der Waals surface area (Å²) in [6, 6.07) is 0. The van der Waals surface area contributed by atoms with Crippen molar-refractivity contribution in [2.24, 2.45) is 0 Å². The average molecular weight is 547 g/mol. The van der Waals surface area contributed by atoms with Gasteiger partial charge in [0.25, 0.3) is 0 Å². The van der Waals surface area contributed by atoms with Gasteiger partial charge < -0.3 is 9.84 Å². The van der Waals surface area contributed by atoms with Crippen LogP contribution < -0.4 is 0 Å². The van der Waals surface area contributed by atoms with E-state index in [1.807, 2.05) is 0 Å². The van der Waals surface area contributed by atoms with E-state index in [0.717, 1.165) is 64.2 Å². The number of hydrogen-bond donors (Lipinski definition) is 1. The third-order valence-corrected chi connectivity index (χ3v) is 7.10. The van der Waals surface area contributed by atoms with Crippen LogP contribution in [0.4, 0.5) is 0 Å². The number of esters is 1. The largest absolute Gasteiger partial charge is 0.481 e. The molecule has 0 heterocycles. The van der Waals surface area contributed by atoms with Gasteiger partial charge in [-0.3, -0.25) is 9.59 Å². The van der Waals surface area contributed by atoms with Crippen LogP contribution in [0, 0.1) is 0 Å². The summed E-state index contributed by atoms with van der Waals surface area (Å²) in [7, 11) is 0. The number of carboxylic acid groups (broad SMARTS) is 1. The summed E-state index contributed by atoms with van der Waals surface area (Å²) in [6.45, 7) is 4.49. The predicted octanol–water partition coefficient (Wildman–Crippen LogP) is 11.1. The van der Waals surface area contributed by atoms with Gasteiger partial charge in [0, 0.05) is 12.8 Å². The van der Waals surface area contributed by atoms with Crippen LogP contribution in [-0.4, -0.2) is 23.1 Å². The first-order valence-electron chi connectivity index (χ1n) is 16.5. The number of aliphatic carboxylic acids is 1. The highest BCUT2D eigenvalue weighted by Crippen LogP contribution is 2.15. The summed E-state index contributed by atoms with van der Waals surface area (Å²) in [4.78, 5) is 23.1. The fourth-order valence-electron chi connectivity index (χ4n) is 4.64. The van der Waals surface area contributed by atoms with Gasteiger partial charge in [-0.1, -0.05) is 134 Å². The van der Waals surface area contributed by atoms with Gasteiger partial charge in [-0.05, 0) is 57.4 Å². The quantitative estimate of drug-likeness (QED) is 0.0575. The zero-order chi connectivity index (χ0) is 28.7. The number of unbranched alkanes of at least 4 members (excludes halogenated alkanes) is 16. The van der Waals surface area contributed by atoms with Crippen molar-refractivity contribution in [1.29, 1.82) is 0 Å². The van der Waals surface area contributed by atoms with Crippen molar-refractivity contribution in [3.05, 3.63) is 36.5 Å². The van der Waals surface area contributed by atoms with Crippen molar-refractivity contribution in [1.82, 2.24) is 0 Å². The molecule has 0 aromatic heterocycles. The fourth-order valence-corrected chi connectivity index (χ4v) is 4.64. The lowest BCUT2D eigenvalue weighted by Crippen LogP contribution is -2.16. The third-order valence-electron chi connectivity index (χ3n) is 7.10. The topological polar surface area (TPSA) is 63.6 Å². The highest BCUT2D eigenvalue weighted by molar-refractivity contribution is 5.69. The minimum Gasteiger partial charge on any atom is -0.481 e. The number of rotatable bonds is 29. The second kappa shape index (κ2) is 30.7. The molecule has 0 fully saturated rings. The summed E-state index contributed by atoms with van der Waals surface area (Å²) in [5.74, 6) is -0.791. The Labute approximate surface area is 241 Å². The van der Waals surface area contributed by atoms with Crippen LogP contribution in [0.3, 0.4) is 0 Å². The first-order chi connectivity index (χ1) is 19.1. The molecule has 0 saturated heterocycles. The molecule has 0 aliphatic rings. The minimum atomic E-state index is -0.716. The van der Waals surface area contributed by atoms with Crippen molar-refractivity contribution in [2.45, 2.75) is 174 Å². The number of carbonyl (C=O) groups excluding carboxylic acids is 1. The van der Waals surface area contributed by atoms with Crippen molar-refractivity contribution >= 4 is 11.9 Å². The number of allylic oxidation sites excluding steroid dienone is 5. The third kappa shape index (κ3) is 30.6. The number of carboxylic acids is 1. The zero-order valence-electron chi connectivity index (χ0n) is 25.7. The summed E-state index contributed by atoms with van der Waals surface area (Å²) >= 11 is 0. The van der Waals surface area contributed by atoms with E-state index in [9.17, 15) is 9.59 Å². The van der Waals surface area contributed by atoms with Gasteiger partial charge in [0.15, 0.2) is 0 Å². The molecule has 0 amide bonds. The van der Waals surface area contributed by atoms with Gasteiger partial charge in [-0.25, -0.2) is 0 Å². The Morgan fingerprint density at radius 1 is 0.590 bits per heavy atom. The van der Waals surface area contributed by atoms with Crippen LogP contribution >= 0.6 is 0 Å². The molecule has 0 radical (unpaired) electrons. The van der Waals surface area contributed by atoms with E-state index in [1.54, 1.807) is 0 Å². The van der Waals surface area contributed by atoms with E-state index in [-0.39, 0.29) is 18.5 Å². The van der Waals surface area contributed by atoms with Crippen LogP contribution in [-0.2, 0) is 14.3 Å². The Balaban J connectivity index is 4.27. The van der Waals surface area contributed by atoms with Crippen LogP contribution in [0.2, 0.25) is 0 Å². The van der Waals surface area contributed by atoms with E-state index < -0.39 is 5.97 Å². The van der Waals surface area contributed by atoms with Crippen LogP contribution in [0.15, 0.2) is 36.5 Å². The Kier molecular flexibility index (Phi) is 29.2. The number of carbonyl (C=O) groups is 2. The molecule has 4 nitrogen and oxygen atoms in total. The van der Waals surface area contributed by atoms with Crippen LogP contribution in [0.1, 0.15) is 168 Å². The molecular formula is C35H62O4. The molecular weight excluding hydrogens is 484 g/mol. The molecule has 0 aliphatic heterocycles. The Morgan fingerprint density at radius 2 is 1.08 bits per heavy atom. The van der Waals surface area contributed by atoms with E-state index in [4.69, 9.17) is 9.84 Å². The lowest BCUT2D eigenvalue weighted by atomic mass is 10.1. The average Bonchev–Trinajstić information content (AvgIpc) is 2.91. The maximum atomic E-state index is 12.5. The van der Waals surface area contributed by atoms with E-state index in [2.05, 4.69) is 50.3 Å². The molecule has 226 valence electrons. The fraction of sp³-hybridized carbons (Fsp3) is 0.771. The first-order valence-corrected chi connectivity index (χ1v) is 16.5. The van der Waals surface area contributed by atoms with E-state index in [1.165, 1.54) is 77.0 Å². The Bertz CT molecular complexity index is 635. The highest BCUT2D eigenvalue weighted by Gasteiger charge is 2.11. The van der Waals surface area contributed by atoms with Crippen molar-refractivity contribution in [3.63, 3.8) is 0 Å². The molecule has 4 heteroatoms. The summed E-state index contributed by atoms with van der Waals surface area (Å²) in [5, 5.41) is 8.76. The lowest BCUT2D eigenvalue weighted by molar-refractivity contribution is -0.147. The molecule has 0 rings (SSSR count). The zero-order valence-corrected chi connectivity index (χ0v) is 25.7. The smallest absolute Gasteiger partial charge is 0.306 e. The van der Waals surface area contributed by atoms with Crippen molar-refractivity contribution in [2.75, 3.05) is 0 Å². The Hall–Kier alpha value is -1.84. The molecule has 39 heavy (non-hydrogen) atoms. The second-order valence-corrected chi connectivity index (χ2v) is 11.0. The molecule has 0 spiro atoms. The van der Waals surface area contributed by atoms with Gasteiger partial charge in [0.05, 0.1) is 0 Å². The SMILES string of the molecule is CCCCC/C=C\C/C=C\C/C=C\C(CCCCCCCC(=O)O)OC(=O)CCCCCCCCCCCC. The molecule has 0 aliphatic carbocycles. The molecule has 0 saturated carbocycles. The van der Waals surface area contributed by atoms with Gasteiger partial charge in [0.1, 0.15) is 6.10 Å². The minimum absolute atomic E-state index is 0.0746. The molecule has 1 N–H and O–H groups in total. The summed E-state index contributed by atoms with van der Waals surface area (Å²) in [5.41, 5.74) is 0. The maximum absolute atomic E-state index is 12.5.